The van der Waals surface area contributed by atoms with Crippen LogP contribution in [-0.2, 0) is 22.6 Å². The SMILES string of the molecule is COCc1nc(C2CCOC(C)(C)C2)n(CCCO)n1. The molecule has 6 nitrogen and oxygen atoms in total. The molecule has 1 unspecified atom stereocenters. The molecule has 1 aromatic rings. The van der Waals surface area contributed by atoms with Gasteiger partial charge in [-0.05, 0) is 33.1 Å². The van der Waals surface area contributed by atoms with Gasteiger partial charge in [0.1, 0.15) is 12.4 Å². The zero-order chi connectivity index (χ0) is 14.6. The van der Waals surface area contributed by atoms with Crippen molar-refractivity contribution >= 4 is 0 Å². The lowest BCUT2D eigenvalue weighted by atomic mass is 9.88. The number of rotatable bonds is 6. The molecular formula is C14H25N3O3. The molecular weight excluding hydrogens is 258 g/mol. The Labute approximate surface area is 120 Å². The summed E-state index contributed by atoms with van der Waals surface area (Å²) in [5.74, 6) is 2.07. The highest BCUT2D eigenvalue weighted by molar-refractivity contribution is 5.03. The molecule has 1 atom stereocenters. The van der Waals surface area contributed by atoms with Gasteiger partial charge in [0.05, 0.1) is 5.60 Å². The predicted molar refractivity (Wildman–Crippen MR) is 74.4 cm³/mol. The van der Waals surface area contributed by atoms with Gasteiger partial charge in [0.15, 0.2) is 5.82 Å². The van der Waals surface area contributed by atoms with Crippen molar-refractivity contribution in [3.05, 3.63) is 11.6 Å². The van der Waals surface area contributed by atoms with E-state index >= 15 is 0 Å². The lowest BCUT2D eigenvalue weighted by Gasteiger charge is -2.35. The first kappa shape index (κ1) is 15.4. The minimum absolute atomic E-state index is 0.113. The van der Waals surface area contributed by atoms with Gasteiger partial charge >= 0.3 is 0 Å². The smallest absolute Gasteiger partial charge is 0.176 e. The van der Waals surface area contributed by atoms with Crippen LogP contribution in [-0.4, -0.2) is 45.8 Å². The van der Waals surface area contributed by atoms with Crippen molar-refractivity contribution in [1.82, 2.24) is 14.8 Å². The topological polar surface area (TPSA) is 69.4 Å². The van der Waals surface area contributed by atoms with Crippen molar-refractivity contribution in [2.45, 2.75) is 57.8 Å². The summed E-state index contributed by atoms with van der Waals surface area (Å²) in [6.45, 7) is 6.27. The van der Waals surface area contributed by atoms with Crippen LogP contribution in [0.3, 0.4) is 0 Å². The molecule has 1 aliphatic heterocycles. The van der Waals surface area contributed by atoms with E-state index in [1.807, 2.05) is 4.68 Å². The Bertz CT molecular complexity index is 431. The minimum atomic E-state index is -0.113. The molecule has 6 heteroatoms. The van der Waals surface area contributed by atoms with Gasteiger partial charge in [0.25, 0.3) is 0 Å². The third-order valence-electron chi connectivity index (χ3n) is 3.61. The van der Waals surface area contributed by atoms with Crippen LogP contribution in [0.25, 0.3) is 0 Å². The monoisotopic (exact) mass is 283 g/mol. The average molecular weight is 283 g/mol. The van der Waals surface area contributed by atoms with Gasteiger partial charge < -0.3 is 14.6 Å². The standard InChI is InChI=1S/C14H25N3O3/c1-14(2)9-11(5-8-20-14)13-15-12(10-19-3)16-17(13)6-4-7-18/h11,18H,4-10H2,1-3H3. The van der Waals surface area contributed by atoms with Gasteiger partial charge in [-0.15, -0.1) is 0 Å². The summed E-state index contributed by atoms with van der Waals surface area (Å²) in [7, 11) is 1.64. The van der Waals surface area contributed by atoms with Crippen LogP contribution in [0, 0.1) is 0 Å². The van der Waals surface area contributed by atoms with E-state index in [4.69, 9.17) is 14.6 Å². The Morgan fingerprint density at radius 2 is 2.30 bits per heavy atom. The van der Waals surface area contributed by atoms with Crippen molar-refractivity contribution in [1.29, 1.82) is 0 Å². The van der Waals surface area contributed by atoms with E-state index in [0.29, 0.717) is 31.3 Å². The molecule has 1 aliphatic rings. The molecule has 0 saturated carbocycles. The van der Waals surface area contributed by atoms with Crippen molar-refractivity contribution in [2.24, 2.45) is 0 Å². The third kappa shape index (κ3) is 3.77. The number of methoxy groups -OCH3 is 1. The van der Waals surface area contributed by atoms with E-state index in [0.717, 1.165) is 25.3 Å². The van der Waals surface area contributed by atoms with Gasteiger partial charge in [-0.1, -0.05) is 0 Å². The van der Waals surface area contributed by atoms with Gasteiger partial charge in [-0.3, -0.25) is 0 Å². The molecule has 1 fully saturated rings. The summed E-state index contributed by atoms with van der Waals surface area (Å²) in [6.07, 6.45) is 2.60. The van der Waals surface area contributed by atoms with E-state index in [9.17, 15) is 0 Å². The van der Waals surface area contributed by atoms with Crippen LogP contribution in [0.4, 0.5) is 0 Å². The summed E-state index contributed by atoms with van der Waals surface area (Å²) in [4.78, 5) is 4.63. The highest BCUT2D eigenvalue weighted by Gasteiger charge is 2.32. The lowest BCUT2D eigenvalue weighted by Crippen LogP contribution is -2.34. The molecule has 0 aromatic carbocycles. The number of hydrogen-bond acceptors (Lipinski definition) is 5. The van der Waals surface area contributed by atoms with Crippen molar-refractivity contribution in [3.63, 3.8) is 0 Å². The van der Waals surface area contributed by atoms with E-state index in [1.165, 1.54) is 0 Å². The quantitative estimate of drug-likeness (QED) is 0.856. The maximum atomic E-state index is 9.02. The van der Waals surface area contributed by atoms with Crippen molar-refractivity contribution in [3.8, 4) is 0 Å². The maximum absolute atomic E-state index is 9.02. The van der Waals surface area contributed by atoms with Crippen molar-refractivity contribution < 1.29 is 14.6 Å². The first-order valence-electron chi connectivity index (χ1n) is 7.23. The summed E-state index contributed by atoms with van der Waals surface area (Å²) in [5.41, 5.74) is -0.113. The fourth-order valence-corrected chi connectivity index (χ4v) is 2.73. The molecule has 0 aliphatic carbocycles. The summed E-state index contributed by atoms with van der Waals surface area (Å²) in [6, 6.07) is 0. The second kappa shape index (κ2) is 6.65. The summed E-state index contributed by atoms with van der Waals surface area (Å²) in [5, 5.41) is 13.5. The largest absolute Gasteiger partial charge is 0.396 e. The van der Waals surface area contributed by atoms with Crippen LogP contribution in [0.1, 0.15) is 50.7 Å². The number of aliphatic hydroxyl groups is 1. The highest BCUT2D eigenvalue weighted by atomic mass is 16.5. The number of aliphatic hydroxyl groups excluding tert-OH is 1. The van der Waals surface area contributed by atoms with E-state index < -0.39 is 0 Å². The van der Waals surface area contributed by atoms with Crippen LogP contribution >= 0.6 is 0 Å². The Hall–Kier alpha value is -0.980. The second-order valence-corrected chi connectivity index (χ2v) is 5.92. The fourth-order valence-electron chi connectivity index (χ4n) is 2.73. The first-order valence-corrected chi connectivity index (χ1v) is 7.23. The molecule has 1 aromatic heterocycles. The maximum Gasteiger partial charge on any atom is 0.176 e. The number of nitrogens with zero attached hydrogens (tertiary/aromatic N) is 3. The van der Waals surface area contributed by atoms with E-state index in [2.05, 4.69) is 23.9 Å². The minimum Gasteiger partial charge on any atom is -0.396 e. The Morgan fingerprint density at radius 3 is 2.95 bits per heavy atom. The van der Waals surface area contributed by atoms with Crippen LogP contribution in [0.2, 0.25) is 0 Å². The molecule has 0 bridgehead atoms. The molecule has 1 saturated heterocycles. The van der Waals surface area contributed by atoms with Gasteiger partial charge in [0, 0.05) is 32.8 Å². The molecule has 0 amide bonds. The molecule has 114 valence electrons. The molecule has 0 spiro atoms. The van der Waals surface area contributed by atoms with Gasteiger partial charge in [-0.2, -0.15) is 5.10 Å². The first-order chi connectivity index (χ1) is 9.55. The summed E-state index contributed by atoms with van der Waals surface area (Å²) >= 11 is 0. The van der Waals surface area contributed by atoms with E-state index in [-0.39, 0.29) is 12.2 Å². The predicted octanol–water partition coefficient (Wildman–Crippen LogP) is 1.48. The number of aromatic nitrogens is 3. The summed E-state index contributed by atoms with van der Waals surface area (Å²) < 4.78 is 12.8. The molecule has 1 N–H and O–H groups in total. The van der Waals surface area contributed by atoms with Crippen LogP contribution < -0.4 is 0 Å². The second-order valence-electron chi connectivity index (χ2n) is 5.92. The number of ether oxygens (including phenoxy) is 2. The molecule has 2 heterocycles. The van der Waals surface area contributed by atoms with Gasteiger partial charge in [-0.25, -0.2) is 9.67 Å². The van der Waals surface area contributed by atoms with E-state index in [1.54, 1.807) is 7.11 Å². The van der Waals surface area contributed by atoms with Crippen molar-refractivity contribution in [2.75, 3.05) is 20.3 Å². The fraction of sp³-hybridized carbons (Fsp3) is 0.857. The Kier molecular flexibility index (Phi) is 5.12. The van der Waals surface area contributed by atoms with Gasteiger partial charge in [0.2, 0.25) is 0 Å². The zero-order valence-electron chi connectivity index (χ0n) is 12.6. The lowest BCUT2D eigenvalue weighted by molar-refractivity contribution is -0.0608. The molecule has 0 radical (unpaired) electrons. The molecule has 20 heavy (non-hydrogen) atoms. The Balaban J connectivity index is 2.19. The molecule has 2 rings (SSSR count). The number of hydrogen-bond donors (Lipinski definition) is 1. The average Bonchev–Trinajstić information content (AvgIpc) is 2.79. The highest BCUT2D eigenvalue weighted by Crippen LogP contribution is 2.34. The van der Waals surface area contributed by atoms with Crippen LogP contribution in [0.5, 0.6) is 0 Å². The third-order valence-corrected chi connectivity index (χ3v) is 3.61. The van der Waals surface area contributed by atoms with Crippen LogP contribution in [0.15, 0.2) is 0 Å². The Morgan fingerprint density at radius 1 is 1.50 bits per heavy atom. The number of aryl methyl sites for hydroxylation is 1. The zero-order valence-corrected chi connectivity index (χ0v) is 12.6. The normalized spacial score (nSPS) is 22.1.